The van der Waals surface area contributed by atoms with Gasteiger partial charge in [0.2, 0.25) is 10.0 Å². The fourth-order valence-electron chi connectivity index (χ4n) is 4.81. The van der Waals surface area contributed by atoms with Gasteiger partial charge in [-0.05, 0) is 62.9 Å². The highest BCUT2D eigenvalue weighted by atomic mass is 32.2. The van der Waals surface area contributed by atoms with E-state index < -0.39 is 10.0 Å². The van der Waals surface area contributed by atoms with Crippen molar-refractivity contribution in [3.8, 4) is 0 Å². The first kappa shape index (κ1) is 23.5. The minimum atomic E-state index is -3.38. The number of hydrogen-bond donors (Lipinski definition) is 0. The maximum Gasteiger partial charge on any atom is 0.236 e. The quantitative estimate of drug-likeness (QED) is 0.629. The lowest BCUT2D eigenvalue weighted by Crippen LogP contribution is -2.34. The minimum Gasteiger partial charge on any atom is -0.381 e. The molecule has 0 aliphatic carbocycles. The third-order valence-electron chi connectivity index (χ3n) is 6.83. The molecular weight excluding hydrogens is 424 g/mol. The van der Waals surface area contributed by atoms with Crippen molar-refractivity contribution in [2.75, 3.05) is 50.0 Å². The Morgan fingerprint density at radius 1 is 1.16 bits per heavy atom. The van der Waals surface area contributed by atoms with Crippen molar-refractivity contribution in [2.45, 2.75) is 58.4 Å². The number of anilines is 1. The van der Waals surface area contributed by atoms with Gasteiger partial charge in [0.15, 0.2) is 0 Å². The van der Waals surface area contributed by atoms with Gasteiger partial charge in [-0.3, -0.25) is 4.31 Å². The number of hydrogen-bond acceptors (Lipinski definition) is 5. The van der Waals surface area contributed by atoms with E-state index in [1.165, 1.54) is 17.1 Å². The van der Waals surface area contributed by atoms with Crippen LogP contribution in [0.2, 0.25) is 0 Å². The largest absolute Gasteiger partial charge is 0.381 e. The Bertz CT molecular complexity index is 1030. The molecule has 2 aliphatic rings. The SMILES string of the molecule is CN(c1ccc2c(c1)nc(C(C)(C)C)n2CC1CCOCC1)S(=O)(=O)CCN1CCCC1. The maximum atomic E-state index is 13.0. The molecule has 0 spiro atoms. The van der Waals surface area contributed by atoms with Crippen molar-refractivity contribution in [3.63, 3.8) is 0 Å². The van der Waals surface area contributed by atoms with Crippen LogP contribution < -0.4 is 4.31 Å². The second kappa shape index (κ2) is 9.31. The Balaban J connectivity index is 1.60. The van der Waals surface area contributed by atoms with Crippen molar-refractivity contribution in [2.24, 2.45) is 5.92 Å². The summed E-state index contributed by atoms with van der Waals surface area (Å²) in [5.74, 6) is 1.78. The number of ether oxygens (including phenoxy) is 1. The smallest absolute Gasteiger partial charge is 0.236 e. The standard InChI is InChI=1S/C24H38N4O3S/c1-24(2,3)23-25-21-17-20(26(4)32(29,30)16-13-27-11-5-6-12-27)7-8-22(21)28(23)18-19-9-14-31-15-10-19/h7-8,17,19H,5-6,9-16,18H2,1-4H3. The molecule has 2 fully saturated rings. The first-order chi connectivity index (χ1) is 15.1. The highest BCUT2D eigenvalue weighted by Crippen LogP contribution is 2.31. The number of benzene rings is 1. The molecule has 0 atom stereocenters. The molecular formula is C24H38N4O3S. The normalized spacial score (nSPS) is 19.1. The van der Waals surface area contributed by atoms with Crippen LogP contribution in [0.25, 0.3) is 11.0 Å². The van der Waals surface area contributed by atoms with Gasteiger partial charge < -0.3 is 14.2 Å². The summed E-state index contributed by atoms with van der Waals surface area (Å²) in [5.41, 5.74) is 2.52. The highest BCUT2D eigenvalue weighted by Gasteiger charge is 2.27. The monoisotopic (exact) mass is 462 g/mol. The Hall–Kier alpha value is -1.64. The Morgan fingerprint density at radius 3 is 2.50 bits per heavy atom. The van der Waals surface area contributed by atoms with Gasteiger partial charge in [0.25, 0.3) is 0 Å². The van der Waals surface area contributed by atoms with E-state index in [9.17, 15) is 8.42 Å². The van der Waals surface area contributed by atoms with Crippen molar-refractivity contribution in [1.82, 2.24) is 14.5 Å². The zero-order valence-electron chi connectivity index (χ0n) is 20.0. The van der Waals surface area contributed by atoms with Gasteiger partial charge in [-0.25, -0.2) is 13.4 Å². The van der Waals surface area contributed by atoms with Gasteiger partial charge in [0.05, 0.1) is 22.5 Å². The lowest BCUT2D eigenvalue weighted by molar-refractivity contribution is 0.0611. The van der Waals surface area contributed by atoms with Gasteiger partial charge >= 0.3 is 0 Å². The van der Waals surface area contributed by atoms with E-state index >= 15 is 0 Å². The number of imidazole rings is 1. The minimum absolute atomic E-state index is 0.0992. The van der Waals surface area contributed by atoms with E-state index in [4.69, 9.17) is 9.72 Å². The summed E-state index contributed by atoms with van der Waals surface area (Å²) in [7, 11) is -1.72. The summed E-state index contributed by atoms with van der Waals surface area (Å²) in [4.78, 5) is 7.22. The van der Waals surface area contributed by atoms with E-state index in [2.05, 4.69) is 30.2 Å². The molecule has 1 aromatic carbocycles. The number of likely N-dealkylation sites (tertiary alicyclic amines) is 1. The first-order valence-corrected chi connectivity index (χ1v) is 13.5. The zero-order valence-corrected chi connectivity index (χ0v) is 20.8. The molecule has 0 unspecified atom stereocenters. The van der Waals surface area contributed by atoms with E-state index in [1.807, 2.05) is 18.2 Å². The van der Waals surface area contributed by atoms with Crippen LogP contribution in [0.3, 0.4) is 0 Å². The lowest BCUT2D eigenvalue weighted by atomic mass is 9.94. The van der Waals surface area contributed by atoms with E-state index in [1.54, 1.807) is 7.05 Å². The van der Waals surface area contributed by atoms with Gasteiger partial charge in [-0.1, -0.05) is 20.8 Å². The number of rotatable bonds is 7. The van der Waals surface area contributed by atoms with Crippen molar-refractivity contribution in [3.05, 3.63) is 24.0 Å². The molecule has 0 radical (unpaired) electrons. The topological polar surface area (TPSA) is 67.7 Å². The van der Waals surface area contributed by atoms with Gasteiger partial charge in [-0.15, -0.1) is 0 Å². The summed E-state index contributed by atoms with van der Waals surface area (Å²) in [5, 5.41) is 0. The molecule has 2 aliphatic heterocycles. The fourth-order valence-corrected chi connectivity index (χ4v) is 6.00. The van der Waals surface area contributed by atoms with E-state index in [0.29, 0.717) is 18.2 Å². The molecule has 8 heteroatoms. The number of sulfonamides is 1. The molecule has 1 aromatic heterocycles. The predicted molar refractivity (Wildman–Crippen MR) is 130 cm³/mol. The van der Waals surface area contributed by atoms with Gasteiger partial charge in [0, 0.05) is 38.8 Å². The zero-order chi connectivity index (χ0) is 22.9. The molecule has 0 bridgehead atoms. The Labute approximate surface area is 192 Å². The van der Waals surface area contributed by atoms with Crippen LogP contribution in [0.1, 0.15) is 52.3 Å². The van der Waals surface area contributed by atoms with Crippen molar-refractivity contribution in [1.29, 1.82) is 0 Å². The number of nitrogens with zero attached hydrogens (tertiary/aromatic N) is 4. The summed E-state index contributed by atoms with van der Waals surface area (Å²) in [6, 6.07) is 5.89. The average Bonchev–Trinajstić information content (AvgIpc) is 3.40. The lowest BCUT2D eigenvalue weighted by Gasteiger charge is -2.26. The van der Waals surface area contributed by atoms with Gasteiger partial charge in [0.1, 0.15) is 5.82 Å². The van der Waals surface area contributed by atoms with Crippen LogP contribution in [0.4, 0.5) is 5.69 Å². The molecule has 3 heterocycles. The Morgan fingerprint density at radius 2 is 1.84 bits per heavy atom. The summed E-state index contributed by atoms with van der Waals surface area (Å²) >= 11 is 0. The summed E-state index contributed by atoms with van der Waals surface area (Å²) in [6.07, 6.45) is 4.47. The molecule has 0 amide bonds. The predicted octanol–water partition coefficient (Wildman–Crippen LogP) is 3.62. The Kier molecular flexibility index (Phi) is 6.84. The molecule has 0 N–H and O–H groups in total. The molecule has 32 heavy (non-hydrogen) atoms. The van der Waals surface area contributed by atoms with E-state index in [0.717, 1.165) is 62.5 Å². The number of fused-ring (bicyclic) bond motifs is 1. The van der Waals surface area contributed by atoms with E-state index in [-0.39, 0.29) is 11.2 Å². The summed E-state index contributed by atoms with van der Waals surface area (Å²) < 4.78 is 35.3. The third-order valence-corrected chi connectivity index (χ3v) is 8.57. The molecule has 4 rings (SSSR count). The molecule has 7 nitrogen and oxygen atoms in total. The molecule has 2 saturated heterocycles. The number of aromatic nitrogens is 2. The first-order valence-electron chi connectivity index (χ1n) is 11.9. The molecule has 2 aromatic rings. The van der Waals surface area contributed by atoms with Crippen LogP contribution in [-0.2, 0) is 26.7 Å². The van der Waals surface area contributed by atoms with Gasteiger partial charge in [-0.2, -0.15) is 0 Å². The van der Waals surface area contributed by atoms with Crippen LogP contribution >= 0.6 is 0 Å². The maximum absolute atomic E-state index is 13.0. The van der Waals surface area contributed by atoms with Crippen molar-refractivity contribution < 1.29 is 13.2 Å². The third kappa shape index (κ3) is 5.13. The second-order valence-electron chi connectivity index (χ2n) is 10.4. The molecule has 0 saturated carbocycles. The van der Waals surface area contributed by atoms with Crippen LogP contribution in [0, 0.1) is 5.92 Å². The highest BCUT2D eigenvalue weighted by molar-refractivity contribution is 7.92. The van der Waals surface area contributed by atoms with Crippen LogP contribution in [0.15, 0.2) is 18.2 Å². The molecule has 178 valence electrons. The second-order valence-corrected chi connectivity index (χ2v) is 12.5. The average molecular weight is 463 g/mol. The summed E-state index contributed by atoms with van der Waals surface area (Å²) in [6.45, 7) is 11.7. The van der Waals surface area contributed by atoms with Crippen LogP contribution in [0.5, 0.6) is 0 Å². The van der Waals surface area contributed by atoms with Crippen molar-refractivity contribution >= 4 is 26.7 Å². The fraction of sp³-hybridized carbons (Fsp3) is 0.708. The van der Waals surface area contributed by atoms with Crippen LogP contribution in [-0.4, -0.2) is 68.5 Å².